The largest absolute Gasteiger partial charge is 0.274 e. The number of carbonyl (C=O) groups is 1. The molecule has 1 aliphatic rings. The van der Waals surface area contributed by atoms with Gasteiger partial charge in [0.1, 0.15) is 0 Å². The Labute approximate surface area is 181 Å². The van der Waals surface area contributed by atoms with Crippen LogP contribution in [0.5, 0.6) is 0 Å². The maximum Gasteiger partial charge on any atom is 0.237 e. The van der Waals surface area contributed by atoms with Gasteiger partial charge in [-0.05, 0) is 49.1 Å². The Balaban J connectivity index is 1.73. The highest BCUT2D eigenvalue weighted by Gasteiger charge is 2.34. The minimum absolute atomic E-state index is 0.105. The fraction of sp³-hybridized carbons (Fsp3) is 0.364. The molecule has 1 amide bonds. The van der Waals surface area contributed by atoms with Crippen molar-refractivity contribution in [2.75, 3.05) is 24.2 Å². The minimum Gasteiger partial charge on any atom is -0.274 e. The van der Waals surface area contributed by atoms with Crippen LogP contribution in [0.15, 0.2) is 48.5 Å². The number of benzene rings is 2. The van der Waals surface area contributed by atoms with Crippen molar-refractivity contribution < 1.29 is 13.2 Å². The van der Waals surface area contributed by atoms with Gasteiger partial charge >= 0.3 is 0 Å². The number of sulfonamides is 1. The Hall–Kier alpha value is -2.29. The molecule has 0 radical (unpaired) electrons. The lowest BCUT2D eigenvalue weighted by Crippen LogP contribution is -2.45. The van der Waals surface area contributed by atoms with Crippen LogP contribution < -0.4 is 4.90 Å². The molecule has 1 aromatic heterocycles. The molecule has 1 saturated heterocycles. The topological polar surface area (TPSA) is 70.6 Å². The van der Waals surface area contributed by atoms with E-state index in [1.54, 1.807) is 4.90 Å². The number of nitrogens with zero attached hydrogens (tertiary/aromatic N) is 3. The van der Waals surface area contributed by atoms with Crippen molar-refractivity contribution in [2.45, 2.75) is 26.2 Å². The van der Waals surface area contributed by atoms with Crippen molar-refractivity contribution in [3.63, 3.8) is 0 Å². The average Bonchev–Trinajstić information content (AvgIpc) is 3.17. The summed E-state index contributed by atoms with van der Waals surface area (Å²) in [4.78, 5) is 20.0. The van der Waals surface area contributed by atoms with E-state index in [4.69, 9.17) is 4.98 Å². The molecule has 1 unspecified atom stereocenters. The van der Waals surface area contributed by atoms with Crippen LogP contribution in [0.2, 0.25) is 0 Å². The van der Waals surface area contributed by atoms with E-state index in [2.05, 4.69) is 6.92 Å². The molecule has 0 saturated carbocycles. The number of para-hydroxylation sites is 1. The molecule has 0 spiro atoms. The summed E-state index contributed by atoms with van der Waals surface area (Å²) in [5.74, 6) is -0.502. The maximum absolute atomic E-state index is 13.7. The molecule has 1 fully saturated rings. The predicted octanol–water partition coefficient (Wildman–Crippen LogP) is 4.20. The number of fused-ring (bicyclic) bond motifs is 1. The highest BCUT2D eigenvalue weighted by molar-refractivity contribution is 7.88. The maximum atomic E-state index is 13.7. The van der Waals surface area contributed by atoms with E-state index in [1.165, 1.54) is 27.5 Å². The van der Waals surface area contributed by atoms with Crippen molar-refractivity contribution >= 4 is 48.3 Å². The van der Waals surface area contributed by atoms with E-state index in [9.17, 15) is 13.2 Å². The Morgan fingerprint density at radius 1 is 1.20 bits per heavy atom. The zero-order valence-electron chi connectivity index (χ0n) is 17.1. The van der Waals surface area contributed by atoms with Crippen LogP contribution in [0.1, 0.15) is 25.3 Å². The van der Waals surface area contributed by atoms with E-state index in [0.29, 0.717) is 24.5 Å². The first-order valence-corrected chi connectivity index (χ1v) is 12.8. The molecule has 1 atom stereocenters. The Morgan fingerprint density at radius 3 is 2.60 bits per heavy atom. The summed E-state index contributed by atoms with van der Waals surface area (Å²) in [6.07, 6.45) is 3.46. The van der Waals surface area contributed by atoms with Crippen molar-refractivity contribution in [3.05, 3.63) is 54.1 Å². The lowest BCUT2D eigenvalue weighted by molar-refractivity contribution is -0.122. The normalized spacial score (nSPS) is 17.9. The van der Waals surface area contributed by atoms with Crippen LogP contribution in [0.25, 0.3) is 10.2 Å². The number of carbonyl (C=O) groups excluding carboxylic acids is 1. The number of rotatable bonds is 5. The van der Waals surface area contributed by atoms with Crippen LogP contribution in [0, 0.1) is 5.92 Å². The third-order valence-electron chi connectivity index (χ3n) is 5.50. The highest BCUT2D eigenvalue weighted by Crippen LogP contribution is 2.36. The van der Waals surface area contributed by atoms with Gasteiger partial charge in [-0.1, -0.05) is 42.5 Å². The summed E-state index contributed by atoms with van der Waals surface area (Å²) in [6, 6.07) is 15.7. The van der Waals surface area contributed by atoms with Gasteiger partial charge < -0.3 is 0 Å². The molecule has 1 aliphatic heterocycles. The number of hydrogen-bond acceptors (Lipinski definition) is 5. The average molecular weight is 444 g/mol. The fourth-order valence-electron chi connectivity index (χ4n) is 3.80. The first-order valence-electron chi connectivity index (χ1n) is 10.1. The van der Waals surface area contributed by atoms with E-state index in [-0.39, 0.29) is 12.5 Å². The molecule has 2 heterocycles. The monoisotopic (exact) mass is 443 g/mol. The third kappa shape index (κ3) is 4.26. The highest BCUT2D eigenvalue weighted by atomic mass is 32.2. The molecule has 0 N–H and O–H groups in total. The Morgan fingerprint density at radius 2 is 1.93 bits per heavy atom. The summed E-state index contributed by atoms with van der Waals surface area (Å²) in [6.45, 7) is 2.77. The Bertz CT molecular complexity index is 1120. The first-order chi connectivity index (χ1) is 14.4. The molecule has 0 bridgehead atoms. The van der Waals surface area contributed by atoms with Crippen molar-refractivity contribution in [1.29, 1.82) is 0 Å². The zero-order chi connectivity index (χ0) is 21.3. The third-order valence-corrected chi connectivity index (χ3v) is 7.79. The molecule has 3 aromatic rings. The van der Waals surface area contributed by atoms with Gasteiger partial charge in [0, 0.05) is 13.1 Å². The van der Waals surface area contributed by atoms with Crippen molar-refractivity contribution in [2.24, 2.45) is 5.92 Å². The van der Waals surface area contributed by atoms with Gasteiger partial charge in [-0.2, -0.15) is 0 Å². The molecule has 8 heteroatoms. The minimum atomic E-state index is -3.33. The second kappa shape index (κ2) is 8.45. The summed E-state index contributed by atoms with van der Waals surface area (Å²) >= 11 is 1.47. The second-order valence-corrected chi connectivity index (χ2v) is 10.6. The smallest absolute Gasteiger partial charge is 0.237 e. The molecule has 6 nitrogen and oxygen atoms in total. The number of aromatic nitrogens is 1. The number of hydrogen-bond donors (Lipinski definition) is 0. The lowest BCUT2D eigenvalue weighted by atomic mass is 9.98. The van der Waals surface area contributed by atoms with Gasteiger partial charge in [-0.3, -0.25) is 9.69 Å². The van der Waals surface area contributed by atoms with Crippen molar-refractivity contribution in [1.82, 2.24) is 9.29 Å². The van der Waals surface area contributed by atoms with E-state index < -0.39 is 15.9 Å². The molecular weight excluding hydrogens is 418 g/mol. The van der Waals surface area contributed by atoms with Crippen LogP contribution in [-0.2, 0) is 21.2 Å². The molecule has 158 valence electrons. The van der Waals surface area contributed by atoms with Crippen LogP contribution in [0.4, 0.5) is 10.8 Å². The summed E-state index contributed by atoms with van der Waals surface area (Å²) in [7, 11) is -3.33. The SMILES string of the molecule is CCc1ccc(N(C(=O)C2CCCN(S(C)(=O)=O)C2)c2nc3ccccc3s2)cc1. The van der Waals surface area contributed by atoms with E-state index >= 15 is 0 Å². The van der Waals surface area contributed by atoms with Crippen LogP contribution in [0.3, 0.4) is 0 Å². The van der Waals surface area contributed by atoms with Gasteiger partial charge in [0.05, 0.1) is 28.1 Å². The number of anilines is 2. The van der Waals surface area contributed by atoms with Crippen LogP contribution >= 0.6 is 11.3 Å². The number of piperidine rings is 1. The van der Waals surface area contributed by atoms with Gasteiger partial charge in [-0.25, -0.2) is 17.7 Å². The zero-order valence-corrected chi connectivity index (χ0v) is 18.7. The van der Waals surface area contributed by atoms with Crippen molar-refractivity contribution in [3.8, 4) is 0 Å². The lowest BCUT2D eigenvalue weighted by Gasteiger charge is -2.33. The Kier molecular flexibility index (Phi) is 5.90. The summed E-state index contributed by atoms with van der Waals surface area (Å²) in [5.41, 5.74) is 2.80. The number of aryl methyl sites for hydroxylation is 1. The molecule has 4 rings (SSSR count). The number of amides is 1. The van der Waals surface area contributed by atoms with Crippen LogP contribution in [-0.4, -0.2) is 43.0 Å². The molecular formula is C22H25N3O3S2. The fourth-order valence-corrected chi connectivity index (χ4v) is 5.70. The quantitative estimate of drug-likeness (QED) is 0.593. The summed E-state index contributed by atoms with van der Waals surface area (Å²) < 4.78 is 26.5. The van der Waals surface area contributed by atoms with Gasteiger partial charge in [0.15, 0.2) is 5.13 Å². The summed E-state index contributed by atoms with van der Waals surface area (Å²) in [5, 5.41) is 0.613. The van der Waals surface area contributed by atoms with E-state index in [1.807, 2.05) is 48.5 Å². The van der Waals surface area contributed by atoms with E-state index in [0.717, 1.165) is 22.3 Å². The first kappa shape index (κ1) is 21.0. The molecule has 30 heavy (non-hydrogen) atoms. The van der Waals surface area contributed by atoms with Gasteiger partial charge in [0.25, 0.3) is 0 Å². The molecule has 0 aliphatic carbocycles. The molecule has 2 aromatic carbocycles. The number of thiazole rings is 1. The second-order valence-electron chi connectivity index (χ2n) is 7.62. The van der Waals surface area contributed by atoms with Gasteiger partial charge in [0.2, 0.25) is 15.9 Å². The standard InChI is InChI=1S/C22H25N3O3S2/c1-3-16-10-12-18(13-11-16)25(22-23-19-8-4-5-9-20(19)29-22)21(26)17-7-6-14-24(15-17)30(2,27)28/h4-5,8-13,17H,3,6-7,14-15H2,1-2H3. The predicted molar refractivity (Wildman–Crippen MR) is 122 cm³/mol. The van der Waals surface area contributed by atoms with Gasteiger partial charge in [-0.15, -0.1) is 0 Å².